The van der Waals surface area contributed by atoms with Gasteiger partial charge in [-0.3, -0.25) is 4.57 Å². The summed E-state index contributed by atoms with van der Waals surface area (Å²) < 4.78 is 13.4. The molecule has 2 aromatic heterocycles. The van der Waals surface area contributed by atoms with E-state index in [9.17, 15) is 4.79 Å². The molecule has 0 fully saturated rings. The zero-order valence-corrected chi connectivity index (χ0v) is 18.5. The molecule has 1 atom stereocenters. The first-order valence-corrected chi connectivity index (χ1v) is 11.4. The Kier molecular flexibility index (Phi) is 4.62. The average molecular weight is 454 g/mol. The number of ether oxygens (including phenoxy) is 2. The number of benzene rings is 3. The van der Waals surface area contributed by atoms with Crippen LogP contribution in [0.4, 0.5) is 5.69 Å². The van der Waals surface area contributed by atoms with Crippen LogP contribution in [0.25, 0.3) is 22.4 Å². The normalized spacial score (nSPS) is 14.3. The molecule has 1 aliphatic rings. The minimum atomic E-state index is -0.399. The maximum Gasteiger partial charge on any atom is 0.353 e. The molecule has 0 aliphatic carbocycles. The second-order valence-electron chi connectivity index (χ2n) is 7.66. The summed E-state index contributed by atoms with van der Waals surface area (Å²) in [6.45, 7) is 0. The predicted molar refractivity (Wildman–Crippen MR) is 129 cm³/mol. The van der Waals surface area contributed by atoms with Gasteiger partial charge in [-0.15, -0.1) is 11.3 Å². The third kappa shape index (κ3) is 3.25. The molecule has 0 amide bonds. The van der Waals surface area contributed by atoms with Crippen LogP contribution >= 0.6 is 11.3 Å². The largest absolute Gasteiger partial charge is 0.493 e. The first kappa shape index (κ1) is 19.6. The van der Waals surface area contributed by atoms with Crippen molar-refractivity contribution in [2.75, 3.05) is 12.4 Å². The minimum absolute atomic E-state index is 0.210. The van der Waals surface area contributed by atoms with Gasteiger partial charge in [0.05, 0.1) is 18.1 Å². The number of anilines is 1. The number of aromatic nitrogens is 2. The number of nitrogens with zero attached hydrogens (tertiary/aromatic N) is 2. The smallest absolute Gasteiger partial charge is 0.353 e. The van der Waals surface area contributed by atoms with Gasteiger partial charge in [0.2, 0.25) is 0 Å². The zero-order valence-electron chi connectivity index (χ0n) is 17.7. The zero-order chi connectivity index (χ0) is 22.4. The van der Waals surface area contributed by atoms with Crippen molar-refractivity contribution in [2.24, 2.45) is 0 Å². The maximum atomic E-state index is 12.5. The number of nitrogens with one attached hydrogen (secondary N) is 1. The summed E-state index contributed by atoms with van der Waals surface area (Å²) >= 11 is 1.34. The molecular formula is C26H19N3O3S. The number of fused-ring (bicyclic) bond motifs is 5. The summed E-state index contributed by atoms with van der Waals surface area (Å²) in [5.74, 6) is 1.38. The van der Waals surface area contributed by atoms with E-state index in [0.717, 1.165) is 33.7 Å². The van der Waals surface area contributed by atoms with Crippen molar-refractivity contribution >= 4 is 34.0 Å². The quantitative estimate of drug-likeness (QED) is 0.268. The van der Waals surface area contributed by atoms with E-state index in [4.69, 9.17) is 14.5 Å². The maximum absolute atomic E-state index is 12.5. The van der Waals surface area contributed by atoms with Crippen LogP contribution in [-0.2, 0) is 0 Å². The number of thiophene rings is 1. The van der Waals surface area contributed by atoms with Crippen LogP contribution in [0.1, 0.15) is 21.4 Å². The highest BCUT2D eigenvalue weighted by molar-refractivity contribution is 7.12. The Morgan fingerprint density at radius 1 is 1.00 bits per heavy atom. The van der Waals surface area contributed by atoms with Crippen molar-refractivity contribution in [3.63, 3.8) is 0 Å². The van der Waals surface area contributed by atoms with Gasteiger partial charge in [-0.05, 0) is 53.4 Å². The molecule has 0 saturated carbocycles. The van der Waals surface area contributed by atoms with Gasteiger partial charge in [-0.1, -0.05) is 36.4 Å². The SMILES string of the molecule is COc1cc([C@H]2Nc3ccccc3-c3nc4ccccc4n32)ccc1OC(=O)c1cccs1. The lowest BCUT2D eigenvalue weighted by molar-refractivity contribution is 0.0734. The highest BCUT2D eigenvalue weighted by Crippen LogP contribution is 2.42. The van der Waals surface area contributed by atoms with E-state index >= 15 is 0 Å². The van der Waals surface area contributed by atoms with Crippen LogP contribution in [0.2, 0.25) is 0 Å². The number of imidazole rings is 1. The Labute approximate surface area is 194 Å². The number of methoxy groups -OCH3 is 1. The Morgan fingerprint density at radius 2 is 1.85 bits per heavy atom. The first-order chi connectivity index (χ1) is 16.2. The Morgan fingerprint density at radius 3 is 2.70 bits per heavy atom. The summed E-state index contributed by atoms with van der Waals surface area (Å²) in [7, 11) is 1.57. The molecule has 6 rings (SSSR count). The van der Waals surface area contributed by atoms with Gasteiger partial charge >= 0.3 is 5.97 Å². The number of esters is 1. The topological polar surface area (TPSA) is 65.4 Å². The van der Waals surface area contributed by atoms with E-state index in [0.29, 0.717) is 16.4 Å². The van der Waals surface area contributed by atoms with Crippen LogP contribution in [0, 0.1) is 0 Å². The molecule has 5 aromatic rings. The van der Waals surface area contributed by atoms with Gasteiger partial charge < -0.3 is 14.8 Å². The average Bonchev–Trinajstić information content (AvgIpc) is 3.52. The molecule has 162 valence electrons. The van der Waals surface area contributed by atoms with Crippen LogP contribution < -0.4 is 14.8 Å². The van der Waals surface area contributed by atoms with Crippen molar-refractivity contribution in [2.45, 2.75) is 6.17 Å². The summed E-state index contributed by atoms with van der Waals surface area (Å²) in [6, 6.07) is 25.5. The van der Waals surface area contributed by atoms with Crippen LogP contribution in [0.15, 0.2) is 84.2 Å². The molecule has 3 aromatic carbocycles. The van der Waals surface area contributed by atoms with E-state index in [-0.39, 0.29) is 6.17 Å². The van der Waals surface area contributed by atoms with Crippen molar-refractivity contribution in [1.29, 1.82) is 0 Å². The predicted octanol–water partition coefficient (Wildman–Crippen LogP) is 5.97. The van der Waals surface area contributed by atoms with Crippen molar-refractivity contribution in [1.82, 2.24) is 9.55 Å². The highest BCUT2D eigenvalue weighted by atomic mass is 32.1. The fourth-order valence-electron chi connectivity index (χ4n) is 4.23. The third-order valence-electron chi connectivity index (χ3n) is 5.74. The van der Waals surface area contributed by atoms with Crippen molar-refractivity contribution in [3.8, 4) is 22.9 Å². The number of hydrogen-bond acceptors (Lipinski definition) is 6. The second-order valence-corrected chi connectivity index (χ2v) is 8.61. The van der Waals surface area contributed by atoms with E-state index in [1.54, 1.807) is 19.2 Å². The minimum Gasteiger partial charge on any atom is -0.493 e. The lowest BCUT2D eigenvalue weighted by atomic mass is 10.1. The molecule has 0 radical (unpaired) electrons. The molecule has 1 aliphatic heterocycles. The number of hydrogen-bond donors (Lipinski definition) is 1. The lowest BCUT2D eigenvalue weighted by Gasteiger charge is -2.30. The summed E-state index contributed by atoms with van der Waals surface area (Å²) in [5.41, 5.74) is 4.99. The van der Waals surface area contributed by atoms with Gasteiger partial charge in [0.1, 0.15) is 16.9 Å². The summed E-state index contributed by atoms with van der Waals surface area (Å²) in [4.78, 5) is 17.9. The Hall–Kier alpha value is -4.10. The molecule has 0 unspecified atom stereocenters. The molecule has 1 N–H and O–H groups in total. The van der Waals surface area contributed by atoms with Crippen molar-refractivity contribution in [3.05, 3.63) is 94.7 Å². The monoisotopic (exact) mass is 453 g/mol. The van der Waals surface area contributed by atoms with E-state index in [1.165, 1.54) is 11.3 Å². The van der Waals surface area contributed by atoms with Crippen LogP contribution in [0.5, 0.6) is 11.5 Å². The molecule has 0 spiro atoms. The number of rotatable bonds is 4. The van der Waals surface area contributed by atoms with Gasteiger partial charge in [-0.2, -0.15) is 0 Å². The molecule has 0 saturated heterocycles. The van der Waals surface area contributed by atoms with Gasteiger partial charge in [0.25, 0.3) is 0 Å². The van der Waals surface area contributed by atoms with E-state index in [2.05, 4.69) is 28.1 Å². The number of carbonyl (C=O) groups is 1. The fraction of sp³-hybridized carbons (Fsp3) is 0.0769. The molecule has 6 nitrogen and oxygen atoms in total. The highest BCUT2D eigenvalue weighted by Gasteiger charge is 2.29. The molecule has 7 heteroatoms. The molecule has 0 bridgehead atoms. The Balaban J connectivity index is 1.44. The third-order valence-corrected chi connectivity index (χ3v) is 6.59. The summed E-state index contributed by atoms with van der Waals surface area (Å²) in [5, 5.41) is 5.49. The molecule has 3 heterocycles. The molecule has 33 heavy (non-hydrogen) atoms. The van der Waals surface area contributed by atoms with E-state index in [1.807, 2.05) is 53.9 Å². The lowest BCUT2D eigenvalue weighted by Crippen LogP contribution is -2.24. The van der Waals surface area contributed by atoms with Crippen LogP contribution in [-0.4, -0.2) is 22.6 Å². The van der Waals surface area contributed by atoms with E-state index < -0.39 is 5.97 Å². The molecular weight excluding hydrogens is 434 g/mol. The standard InChI is InChI=1S/C26H19N3O3S/c1-31-22-15-16(12-13-21(22)32-26(30)23-11-6-14-33-23)24-27-18-8-3-2-7-17(18)25-28-19-9-4-5-10-20(19)29(24)25/h2-15,24,27H,1H3/t24-/m0/s1. The number of carbonyl (C=O) groups excluding carboxylic acids is 1. The van der Waals surface area contributed by atoms with Gasteiger partial charge in [0.15, 0.2) is 11.5 Å². The first-order valence-electron chi connectivity index (χ1n) is 10.5. The number of para-hydroxylation sites is 3. The van der Waals surface area contributed by atoms with Gasteiger partial charge in [0, 0.05) is 11.3 Å². The Bertz CT molecular complexity index is 1490. The second kappa shape index (κ2) is 7.79. The fourth-order valence-corrected chi connectivity index (χ4v) is 4.83. The van der Waals surface area contributed by atoms with Gasteiger partial charge in [-0.25, -0.2) is 9.78 Å². The summed E-state index contributed by atoms with van der Waals surface area (Å²) in [6.07, 6.45) is -0.210. The van der Waals surface area contributed by atoms with Crippen LogP contribution in [0.3, 0.4) is 0 Å². The van der Waals surface area contributed by atoms with Crippen molar-refractivity contribution < 1.29 is 14.3 Å².